The van der Waals surface area contributed by atoms with Crippen LogP contribution in [0.3, 0.4) is 0 Å². The maximum atomic E-state index is 12.3. The van der Waals surface area contributed by atoms with E-state index in [-0.39, 0.29) is 16.5 Å². The van der Waals surface area contributed by atoms with Gasteiger partial charge in [-0.1, -0.05) is 17.7 Å². The summed E-state index contributed by atoms with van der Waals surface area (Å²) in [7, 11) is 0. The summed E-state index contributed by atoms with van der Waals surface area (Å²) in [6.45, 7) is 1.53. The minimum Gasteiger partial charge on any atom is -0.449 e. The Morgan fingerprint density at radius 3 is 2.88 bits per heavy atom. The Morgan fingerprint density at radius 2 is 2.20 bits per heavy atom. The molecular weight excluding hydrogens is 370 g/mol. The molecule has 8 nitrogen and oxygen atoms in total. The Labute approximate surface area is 150 Å². The fraction of sp³-hybridized carbons (Fsp3) is 0.133. The Morgan fingerprint density at radius 1 is 1.40 bits per heavy atom. The number of nitro benzene ring substituents is 1. The van der Waals surface area contributed by atoms with Crippen LogP contribution in [0.1, 0.15) is 29.3 Å². The number of benzene rings is 1. The summed E-state index contributed by atoms with van der Waals surface area (Å²) in [5, 5.41) is 20.8. The first-order valence-corrected chi connectivity index (χ1v) is 8.23. The zero-order chi connectivity index (χ0) is 18.0. The number of halogens is 1. The highest BCUT2D eigenvalue weighted by molar-refractivity contribution is 7.13. The van der Waals surface area contributed by atoms with Gasteiger partial charge in [-0.25, -0.2) is 4.79 Å². The molecular formula is C15H10ClN3O5S. The smallest absolute Gasteiger partial charge is 0.345 e. The van der Waals surface area contributed by atoms with Crippen molar-refractivity contribution in [2.45, 2.75) is 13.0 Å². The van der Waals surface area contributed by atoms with Crippen LogP contribution in [0.5, 0.6) is 0 Å². The summed E-state index contributed by atoms with van der Waals surface area (Å²) in [4.78, 5) is 23.4. The van der Waals surface area contributed by atoms with E-state index in [1.54, 1.807) is 0 Å². The van der Waals surface area contributed by atoms with Gasteiger partial charge in [-0.15, -0.1) is 21.5 Å². The molecule has 0 spiro atoms. The van der Waals surface area contributed by atoms with E-state index in [2.05, 4.69) is 10.2 Å². The second-order valence-electron chi connectivity index (χ2n) is 4.89. The number of nitrogens with zero attached hydrogens (tertiary/aromatic N) is 3. The van der Waals surface area contributed by atoms with Crippen molar-refractivity contribution >= 4 is 34.6 Å². The predicted molar refractivity (Wildman–Crippen MR) is 89.5 cm³/mol. The second kappa shape index (κ2) is 6.99. The summed E-state index contributed by atoms with van der Waals surface area (Å²) >= 11 is 7.23. The molecule has 0 saturated heterocycles. The van der Waals surface area contributed by atoms with Gasteiger partial charge in [0.05, 0.1) is 9.80 Å². The van der Waals surface area contributed by atoms with Crippen LogP contribution in [0.2, 0.25) is 5.02 Å². The van der Waals surface area contributed by atoms with Crippen LogP contribution >= 0.6 is 22.9 Å². The normalized spacial score (nSPS) is 11.9. The molecule has 3 aromatic rings. The fourth-order valence-corrected chi connectivity index (χ4v) is 2.82. The lowest BCUT2D eigenvalue weighted by molar-refractivity contribution is -0.385. The molecule has 0 aliphatic rings. The van der Waals surface area contributed by atoms with Crippen LogP contribution in [0.15, 0.2) is 40.1 Å². The molecule has 3 rings (SSSR count). The van der Waals surface area contributed by atoms with Gasteiger partial charge in [-0.05, 0) is 30.5 Å². The summed E-state index contributed by atoms with van der Waals surface area (Å²) in [6, 6.07) is 7.30. The number of hydrogen-bond donors (Lipinski definition) is 0. The predicted octanol–water partition coefficient (Wildman–Crippen LogP) is 4.28. The highest BCUT2D eigenvalue weighted by Crippen LogP contribution is 2.28. The summed E-state index contributed by atoms with van der Waals surface area (Å²) in [5.41, 5.74) is -0.645. The van der Waals surface area contributed by atoms with Gasteiger partial charge in [0.25, 0.3) is 17.5 Å². The first-order chi connectivity index (χ1) is 12.0. The zero-order valence-corrected chi connectivity index (χ0v) is 14.3. The van der Waals surface area contributed by atoms with E-state index in [1.165, 1.54) is 30.4 Å². The number of ether oxygens (including phenoxy) is 1. The van der Waals surface area contributed by atoms with Crippen LogP contribution in [0.25, 0.3) is 10.8 Å². The minimum absolute atomic E-state index is 0.0847. The van der Waals surface area contributed by atoms with Gasteiger partial charge in [0, 0.05) is 11.1 Å². The van der Waals surface area contributed by atoms with E-state index >= 15 is 0 Å². The molecule has 10 heteroatoms. The quantitative estimate of drug-likeness (QED) is 0.369. The molecule has 0 saturated carbocycles. The van der Waals surface area contributed by atoms with Crippen molar-refractivity contribution in [3.05, 3.63) is 62.3 Å². The standard InChI is InChI=1S/C15H10ClN3O5S/c1-8(13-17-18-14(24-13)12-3-2-6-25-12)23-15(20)10-7-9(16)4-5-11(10)19(21)22/h2-8H,1H3/t8-/m0/s1. The summed E-state index contributed by atoms with van der Waals surface area (Å²) < 4.78 is 10.7. The second-order valence-corrected chi connectivity index (χ2v) is 6.27. The van der Waals surface area contributed by atoms with E-state index in [0.29, 0.717) is 5.89 Å². The zero-order valence-electron chi connectivity index (χ0n) is 12.7. The van der Waals surface area contributed by atoms with Gasteiger partial charge in [0.1, 0.15) is 5.56 Å². The topological polar surface area (TPSA) is 108 Å². The lowest BCUT2D eigenvalue weighted by Gasteiger charge is -2.09. The third-order valence-electron chi connectivity index (χ3n) is 3.18. The molecule has 0 N–H and O–H groups in total. The Bertz CT molecular complexity index is 925. The molecule has 0 aliphatic carbocycles. The highest BCUT2D eigenvalue weighted by atomic mass is 35.5. The largest absolute Gasteiger partial charge is 0.449 e. The fourth-order valence-electron chi connectivity index (χ4n) is 2.00. The van der Waals surface area contributed by atoms with Gasteiger partial charge >= 0.3 is 5.97 Å². The number of rotatable bonds is 5. The molecule has 1 atom stereocenters. The van der Waals surface area contributed by atoms with E-state index in [1.807, 2.05) is 17.5 Å². The van der Waals surface area contributed by atoms with Crippen molar-refractivity contribution in [2.75, 3.05) is 0 Å². The molecule has 25 heavy (non-hydrogen) atoms. The number of nitro groups is 1. The molecule has 0 aliphatic heterocycles. The number of thiophene rings is 1. The maximum Gasteiger partial charge on any atom is 0.345 e. The Kier molecular flexibility index (Phi) is 4.77. The average molecular weight is 380 g/mol. The lowest BCUT2D eigenvalue weighted by Crippen LogP contribution is -2.11. The highest BCUT2D eigenvalue weighted by Gasteiger charge is 2.26. The van der Waals surface area contributed by atoms with Crippen LogP contribution in [-0.4, -0.2) is 21.1 Å². The number of carbonyl (C=O) groups excluding carboxylic acids is 1. The van der Waals surface area contributed by atoms with Crippen LogP contribution < -0.4 is 0 Å². The van der Waals surface area contributed by atoms with Gasteiger partial charge in [0.15, 0.2) is 6.10 Å². The van der Waals surface area contributed by atoms with E-state index < -0.39 is 22.7 Å². The van der Waals surface area contributed by atoms with Crippen molar-refractivity contribution in [3.8, 4) is 10.8 Å². The van der Waals surface area contributed by atoms with Gasteiger partial charge in [0.2, 0.25) is 0 Å². The van der Waals surface area contributed by atoms with Crippen molar-refractivity contribution in [2.24, 2.45) is 0 Å². The number of esters is 1. The van der Waals surface area contributed by atoms with Crippen LogP contribution in [-0.2, 0) is 4.74 Å². The molecule has 0 amide bonds. The van der Waals surface area contributed by atoms with Gasteiger partial charge in [-0.3, -0.25) is 10.1 Å². The van der Waals surface area contributed by atoms with E-state index in [0.717, 1.165) is 10.9 Å². The van der Waals surface area contributed by atoms with Gasteiger partial charge < -0.3 is 9.15 Å². The number of carbonyl (C=O) groups is 1. The van der Waals surface area contributed by atoms with E-state index in [4.69, 9.17) is 20.8 Å². The molecule has 0 unspecified atom stereocenters. The first kappa shape index (κ1) is 17.1. The summed E-state index contributed by atoms with van der Waals surface area (Å²) in [6.07, 6.45) is -0.882. The number of hydrogen-bond acceptors (Lipinski definition) is 8. The monoisotopic (exact) mass is 379 g/mol. The lowest BCUT2D eigenvalue weighted by atomic mass is 10.2. The third kappa shape index (κ3) is 3.67. The van der Waals surface area contributed by atoms with Crippen molar-refractivity contribution < 1.29 is 18.9 Å². The summed E-state index contributed by atoms with van der Waals surface area (Å²) in [5.74, 6) is -0.513. The molecule has 0 bridgehead atoms. The molecule has 128 valence electrons. The average Bonchev–Trinajstić information content (AvgIpc) is 3.25. The third-order valence-corrected chi connectivity index (χ3v) is 4.27. The number of aromatic nitrogens is 2. The molecule has 0 fully saturated rings. The van der Waals surface area contributed by atoms with Crippen molar-refractivity contribution in [1.82, 2.24) is 10.2 Å². The molecule has 0 radical (unpaired) electrons. The minimum atomic E-state index is -0.905. The molecule has 2 heterocycles. The first-order valence-electron chi connectivity index (χ1n) is 6.98. The SMILES string of the molecule is C[C@H](OC(=O)c1cc(Cl)ccc1[N+](=O)[O-])c1nnc(-c2cccs2)o1. The van der Waals surface area contributed by atoms with Gasteiger partial charge in [-0.2, -0.15) is 0 Å². The van der Waals surface area contributed by atoms with Crippen molar-refractivity contribution in [3.63, 3.8) is 0 Å². The Hall–Kier alpha value is -2.78. The van der Waals surface area contributed by atoms with Crippen molar-refractivity contribution in [1.29, 1.82) is 0 Å². The molecule has 1 aromatic carbocycles. The van der Waals surface area contributed by atoms with Crippen LogP contribution in [0, 0.1) is 10.1 Å². The van der Waals surface area contributed by atoms with E-state index in [9.17, 15) is 14.9 Å². The molecule has 2 aromatic heterocycles. The Balaban J connectivity index is 1.79. The van der Waals surface area contributed by atoms with Crippen LogP contribution in [0.4, 0.5) is 5.69 Å². The maximum absolute atomic E-state index is 12.3.